The number of nitrogens with one attached hydrogen (secondary N) is 1. The average Bonchev–Trinajstić information content (AvgIpc) is 2.82. The van der Waals surface area contributed by atoms with Crippen LogP contribution in [-0.4, -0.2) is 35.4 Å². The van der Waals surface area contributed by atoms with E-state index in [1.807, 2.05) is 62.4 Å². The molecule has 0 bridgehead atoms. The molecule has 0 spiro atoms. The van der Waals surface area contributed by atoms with Crippen LogP contribution in [0.4, 0.5) is 0 Å². The zero-order valence-corrected chi connectivity index (χ0v) is 21.8. The lowest BCUT2D eigenvalue weighted by atomic mass is 10.0. The minimum Gasteiger partial charge on any atom is -0.482 e. The predicted molar refractivity (Wildman–Crippen MR) is 141 cm³/mol. The summed E-state index contributed by atoms with van der Waals surface area (Å²) in [5.41, 5.74) is 1.65. The zero-order valence-electron chi connectivity index (χ0n) is 19.5. The molecular weight excluding hydrogens is 507 g/mol. The molecule has 0 saturated heterocycles. The Kier molecular flexibility index (Phi) is 9.84. The van der Waals surface area contributed by atoms with E-state index in [-0.39, 0.29) is 31.0 Å². The topological polar surface area (TPSA) is 58.6 Å². The number of hydrogen-bond acceptors (Lipinski definition) is 3. The third kappa shape index (κ3) is 7.89. The van der Waals surface area contributed by atoms with Gasteiger partial charge in [-0.1, -0.05) is 83.3 Å². The molecule has 1 N–H and O–H groups in total. The maximum Gasteiger partial charge on any atom is 0.261 e. The van der Waals surface area contributed by atoms with Crippen LogP contribution in [-0.2, 0) is 22.6 Å². The normalized spacial score (nSPS) is 11.7. The van der Waals surface area contributed by atoms with Crippen LogP contribution in [0.3, 0.4) is 0 Å². The lowest BCUT2D eigenvalue weighted by Gasteiger charge is -2.32. The van der Waals surface area contributed by atoms with Crippen molar-refractivity contribution in [1.82, 2.24) is 10.2 Å². The minimum atomic E-state index is -0.784. The SMILES string of the molecule is CC(C)NC(=O)[C@H](Cc1ccccc1)N(Cc1ccccc1Cl)C(=O)COc1ccc(Cl)cc1Cl. The van der Waals surface area contributed by atoms with Gasteiger partial charge in [-0.2, -0.15) is 0 Å². The Morgan fingerprint density at radius 3 is 2.26 bits per heavy atom. The van der Waals surface area contributed by atoms with Crippen LogP contribution in [0.15, 0.2) is 72.8 Å². The Bertz CT molecular complexity index is 1160. The van der Waals surface area contributed by atoms with Crippen LogP contribution >= 0.6 is 34.8 Å². The van der Waals surface area contributed by atoms with Crippen molar-refractivity contribution in [2.24, 2.45) is 0 Å². The molecule has 0 saturated carbocycles. The number of benzene rings is 3. The second-order valence-corrected chi connectivity index (χ2v) is 9.60. The van der Waals surface area contributed by atoms with E-state index < -0.39 is 6.04 Å². The second-order valence-electron chi connectivity index (χ2n) is 8.35. The molecule has 3 aromatic carbocycles. The van der Waals surface area contributed by atoms with Gasteiger partial charge in [-0.3, -0.25) is 9.59 Å². The highest BCUT2D eigenvalue weighted by Gasteiger charge is 2.31. The van der Waals surface area contributed by atoms with E-state index in [2.05, 4.69) is 5.32 Å². The Morgan fingerprint density at radius 2 is 1.60 bits per heavy atom. The van der Waals surface area contributed by atoms with Gasteiger partial charge in [0, 0.05) is 29.1 Å². The van der Waals surface area contributed by atoms with Gasteiger partial charge in [-0.05, 0) is 49.2 Å². The molecule has 3 aromatic rings. The van der Waals surface area contributed by atoms with Gasteiger partial charge in [0.05, 0.1) is 5.02 Å². The van der Waals surface area contributed by atoms with Gasteiger partial charge in [0.2, 0.25) is 5.91 Å². The standard InChI is InChI=1S/C27H27Cl3N2O3/c1-18(2)31-27(34)24(14-19-8-4-3-5-9-19)32(16-20-10-6-7-11-22(20)29)26(33)17-35-25-13-12-21(28)15-23(25)30/h3-13,15,18,24H,14,16-17H2,1-2H3,(H,31,34)/t24-/m0/s1. The summed E-state index contributed by atoms with van der Waals surface area (Å²) in [5, 5.41) is 4.21. The van der Waals surface area contributed by atoms with E-state index >= 15 is 0 Å². The number of halogens is 3. The number of rotatable bonds is 10. The molecule has 0 aliphatic heterocycles. The van der Waals surface area contributed by atoms with Crippen molar-refractivity contribution in [3.8, 4) is 5.75 Å². The molecule has 0 aromatic heterocycles. The number of hydrogen-bond donors (Lipinski definition) is 1. The summed E-state index contributed by atoms with van der Waals surface area (Å²) in [4.78, 5) is 28.4. The van der Waals surface area contributed by atoms with E-state index in [0.29, 0.717) is 27.2 Å². The van der Waals surface area contributed by atoms with Gasteiger partial charge in [0.1, 0.15) is 11.8 Å². The van der Waals surface area contributed by atoms with E-state index in [0.717, 1.165) is 11.1 Å². The summed E-state index contributed by atoms with van der Waals surface area (Å²) >= 11 is 18.6. The molecule has 35 heavy (non-hydrogen) atoms. The van der Waals surface area contributed by atoms with Crippen LogP contribution < -0.4 is 10.1 Å². The highest BCUT2D eigenvalue weighted by molar-refractivity contribution is 6.35. The molecule has 0 fully saturated rings. The third-order valence-electron chi connectivity index (χ3n) is 5.25. The molecular formula is C27H27Cl3N2O3. The van der Waals surface area contributed by atoms with Crippen LogP contribution in [0.5, 0.6) is 5.75 Å². The van der Waals surface area contributed by atoms with Crippen molar-refractivity contribution >= 4 is 46.6 Å². The van der Waals surface area contributed by atoms with Crippen LogP contribution in [0, 0.1) is 0 Å². The van der Waals surface area contributed by atoms with Crippen LogP contribution in [0.2, 0.25) is 15.1 Å². The maximum absolute atomic E-state index is 13.5. The molecule has 0 heterocycles. The quantitative estimate of drug-likeness (QED) is 0.338. The fourth-order valence-corrected chi connectivity index (χ4v) is 4.22. The van der Waals surface area contributed by atoms with Gasteiger partial charge in [-0.25, -0.2) is 0 Å². The number of ether oxygens (including phenoxy) is 1. The summed E-state index contributed by atoms with van der Waals surface area (Å²) in [6, 6.07) is 20.7. The monoisotopic (exact) mass is 532 g/mol. The van der Waals surface area contributed by atoms with Gasteiger partial charge in [-0.15, -0.1) is 0 Å². The largest absolute Gasteiger partial charge is 0.482 e. The summed E-state index contributed by atoms with van der Waals surface area (Å²) < 4.78 is 5.72. The summed E-state index contributed by atoms with van der Waals surface area (Å²) in [7, 11) is 0. The molecule has 0 aliphatic carbocycles. The lowest BCUT2D eigenvalue weighted by Crippen LogP contribution is -2.52. The first-order valence-corrected chi connectivity index (χ1v) is 12.3. The van der Waals surface area contributed by atoms with Crippen LogP contribution in [0.25, 0.3) is 0 Å². The summed E-state index contributed by atoms with van der Waals surface area (Å²) in [6.45, 7) is 3.58. The summed E-state index contributed by atoms with van der Waals surface area (Å²) in [5.74, 6) is -0.307. The first kappa shape index (κ1) is 26.9. The summed E-state index contributed by atoms with van der Waals surface area (Å²) in [6.07, 6.45) is 0.331. The van der Waals surface area contributed by atoms with Crippen molar-refractivity contribution in [3.05, 3.63) is 99.0 Å². The van der Waals surface area contributed by atoms with Gasteiger partial charge in [0.25, 0.3) is 5.91 Å². The van der Waals surface area contributed by atoms with E-state index in [4.69, 9.17) is 39.5 Å². The van der Waals surface area contributed by atoms with Gasteiger partial charge in [0.15, 0.2) is 6.61 Å². The fraction of sp³-hybridized carbons (Fsp3) is 0.259. The number of nitrogens with zero attached hydrogens (tertiary/aromatic N) is 1. The van der Waals surface area contributed by atoms with E-state index in [1.165, 1.54) is 4.90 Å². The molecule has 0 radical (unpaired) electrons. The highest BCUT2D eigenvalue weighted by Crippen LogP contribution is 2.28. The molecule has 2 amide bonds. The Morgan fingerprint density at radius 1 is 0.914 bits per heavy atom. The number of carbonyl (C=O) groups excluding carboxylic acids is 2. The highest BCUT2D eigenvalue weighted by atomic mass is 35.5. The van der Waals surface area contributed by atoms with E-state index in [1.54, 1.807) is 24.3 Å². The molecule has 1 atom stereocenters. The fourth-order valence-electron chi connectivity index (χ4n) is 3.56. The van der Waals surface area contributed by atoms with Crippen molar-refractivity contribution in [1.29, 1.82) is 0 Å². The van der Waals surface area contributed by atoms with Crippen molar-refractivity contribution < 1.29 is 14.3 Å². The zero-order chi connectivity index (χ0) is 25.4. The van der Waals surface area contributed by atoms with Crippen LogP contribution in [0.1, 0.15) is 25.0 Å². The second kappa shape index (κ2) is 12.8. The Hall–Kier alpha value is -2.73. The number of carbonyl (C=O) groups is 2. The molecule has 0 unspecified atom stereocenters. The molecule has 8 heteroatoms. The van der Waals surface area contributed by atoms with Crippen molar-refractivity contribution in [3.63, 3.8) is 0 Å². The maximum atomic E-state index is 13.5. The molecule has 3 rings (SSSR count). The third-order valence-corrected chi connectivity index (χ3v) is 6.14. The first-order chi connectivity index (χ1) is 16.7. The number of amides is 2. The average molecular weight is 534 g/mol. The van der Waals surface area contributed by atoms with Crippen molar-refractivity contribution in [2.45, 2.75) is 38.9 Å². The van der Waals surface area contributed by atoms with Gasteiger partial charge < -0.3 is 15.0 Å². The molecule has 184 valence electrons. The Labute approximate surface area is 220 Å². The van der Waals surface area contributed by atoms with Crippen molar-refractivity contribution in [2.75, 3.05) is 6.61 Å². The predicted octanol–water partition coefficient (Wildman–Crippen LogP) is 6.19. The Balaban J connectivity index is 1.93. The smallest absolute Gasteiger partial charge is 0.261 e. The van der Waals surface area contributed by atoms with E-state index in [9.17, 15) is 9.59 Å². The molecule has 5 nitrogen and oxygen atoms in total. The minimum absolute atomic E-state index is 0.0952. The lowest BCUT2D eigenvalue weighted by molar-refractivity contribution is -0.143. The van der Waals surface area contributed by atoms with Gasteiger partial charge >= 0.3 is 0 Å². The molecule has 0 aliphatic rings. The first-order valence-electron chi connectivity index (χ1n) is 11.2.